The molecule has 0 saturated carbocycles. The molecule has 21 heavy (non-hydrogen) atoms. The van der Waals surface area contributed by atoms with E-state index in [-0.39, 0.29) is 5.15 Å². The summed E-state index contributed by atoms with van der Waals surface area (Å²) in [6, 6.07) is 6.63. The largest absolute Gasteiger partial charge is 0.497 e. The number of rotatable bonds is 5. The molecule has 0 bridgehead atoms. The van der Waals surface area contributed by atoms with Crippen molar-refractivity contribution in [2.45, 2.75) is 0 Å². The van der Waals surface area contributed by atoms with Crippen molar-refractivity contribution in [2.24, 2.45) is 10.8 Å². The molecule has 2 rings (SSSR count). The number of ether oxygens (including phenoxy) is 1. The Morgan fingerprint density at radius 2 is 2.19 bits per heavy atom. The Kier molecular flexibility index (Phi) is 4.96. The summed E-state index contributed by atoms with van der Waals surface area (Å²) in [4.78, 5) is 15.3. The summed E-state index contributed by atoms with van der Waals surface area (Å²) >= 11 is 7.27. The number of primary amides is 1. The zero-order chi connectivity index (χ0) is 15.2. The van der Waals surface area contributed by atoms with Crippen LogP contribution in [0.1, 0.15) is 4.88 Å². The summed E-state index contributed by atoms with van der Waals surface area (Å²) in [5.74, 6) is 0.767. The predicted octanol–water partition coefficient (Wildman–Crippen LogP) is 2.55. The maximum Gasteiger partial charge on any atom is 0.332 e. The van der Waals surface area contributed by atoms with E-state index in [0.29, 0.717) is 10.0 Å². The number of nitrogens with one attached hydrogen (secondary N) is 2. The minimum atomic E-state index is -0.747. The summed E-state index contributed by atoms with van der Waals surface area (Å²) in [6.07, 6.45) is 1.38. The van der Waals surface area contributed by atoms with Gasteiger partial charge in [-0.3, -0.25) is 0 Å². The number of methoxy groups -OCH3 is 1. The van der Waals surface area contributed by atoms with E-state index in [1.54, 1.807) is 7.11 Å². The number of amides is 2. The van der Waals surface area contributed by atoms with Gasteiger partial charge in [-0.15, -0.1) is 0 Å². The predicted molar refractivity (Wildman–Crippen MR) is 83.7 cm³/mol. The standard InChI is InChI=1S/C12H12ClN5O2S/c1-20-8-4-2-7(3-5-8)16-12-17-10(13)9(21-12)6-15-18-11(14)19/h2-6H,1H3,(H,16,17)(H3,14,18,19)/b15-6+. The van der Waals surface area contributed by atoms with Crippen LogP contribution in [-0.2, 0) is 0 Å². The fourth-order valence-electron chi connectivity index (χ4n) is 1.40. The van der Waals surface area contributed by atoms with Crippen molar-refractivity contribution in [3.63, 3.8) is 0 Å². The van der Waals surface area contributed by atoms with Crippen LogP contribution >= 0.6 is 22.9 Å². The van der Waals surface area contributed by atoms with E-state index >= 15 is 0 Å². The molecule has 1 aromatic carbocycles. The van der Waals surface area contributed by atoms with Gasteiger partial charge in [0.1, 0.15) is 5.75 Å². The molecule has 9 heteroatoms. The van der Waals surface area contributed by atoms with E-state index in [4.69, 9.17) is 22.1 Å². The molecular weight excluding hydrogens is 314 g/mol. The van der Waals surface area contributed by atoms with E-state index in [1.807, 2.05) is 24.3 Å². The number of hydrogen-bond acceptors (Lipinski definition) is 6. The maximum absolute atomic E-state index is 10.5. The normalized spacial score (nSPS) is 10.6. The van der Waals surface area contributed by atoms with Crippen molar-refractivity contribution in [1.29, 1.82) is 0 Å². The van der Waals surface area contributed by atoms with Gasteiger partial charge in [0.05, 0.1) is 18.2 Å². The van der Waals surface area contributed by atoms with Gasteiger partial charge in [0, 0.05) is 5.69 Å². The first-order chi connectivity index (χ1) is 10.1. The van der Waals surface area contributed by atoms with Gasteiger partial charge in [-0.05, 0) is 24.3 Å². The Labute approximate surface area is 129 Å². The lowest BCUT2D eigenvalue weighted by Crippen LogP contribution is -2.24. The van der Waals surface area contributed by atoms with Crippen LogP contribution in [0.15, 0.2) is 29.4 Å². The average molecular weight is 326 g/mol. The van der Waals surface area contributed by atoms with Gasteiger partial charge in [-0.1, -0.05) is 22.9 Å². The first-order valence-corrected chi connectivity index (χ1v) is 6.94. The molecule has 1 aromatic heterocycles. The number of carbonyl (C=O) groups is 1. The average Bonchev–Trinajstić information content (AvgIpc) is 2.79. The van der Waals surface area contributed by atoms with Gasteiger partial charge < -0.3 is 15.8 Å². The summed E-state index contributed by atoms with van der Waals surface area (Å²) in [5.41, 5.74) is 7.83. The summed E-state index contributed by atoms with van der Waals surface area (Å²) in [7, 11) is 1.61. The van der Waals surface area contributed by atoms with Crippen LogP contribution in [0.5, 0.6) is 5.75 Å². The molecule has 0 atom stereocenters. The van der Waals surface area contributed by atoms with Crippen LogP contribution in [0, 0.1) is 0 Å². The van der Waals surface area contributed by atoms with E-state index in [9.17, 15) is 4.79 Å². The second kappa shape index (κ2) is 6.91. The van der Waals surface area contributed by atoms with Crippen molar-refractivity contribution in [1.82, 2.24) is 10.4 Å². The second-order valence-electron chi connectivity index (χ2n) is 3.76. The second-order valence-corrected chi connectivity index (χ2v) is 5.15. The third-order valence-electron chi connectivity index (χ3n) is 2.31. The van der Waals surface area contributed by atoms with Gasteiger partial charge in [-0.2, -0.15) is 5.10 Å². The molecule has 4 N–H and O–H groups in total. The van der Waals surface area contributed by atoms with Crippen LogP contribution in [0.4, 0.5) is 15.6 Å². The molecule has 0 spiro atoms. The fraction of sp³-hybridized carbons (Fsp3) is 0.0833. The monoisotopic (exact) mass is 325 g/mol. The SMILES string of the molecule is COc1ccc(Nc2nc(Cl)c(/C=N/NC(N)=O)s2)cc1. The minimum Gasteiger partial charge on any atom is -0.497 e. The number of carbonyl (C=O) groups excluding carboxylic acids is 1. The van der Waals surface area contributed by atoms with E-state index in [2.05, 4.69) is 20.8 Å². The Morgan fingerprint density at radius 1 is 1.48 bits per heavy atom. The number of halogens is 1. The third-order valence-corrected chi connectivity index (χ3v) is 3.61. The molecule has 2 amide bonds. The van der Waals surface area contributed by atoms with Crippen molar-refractivity contribution in [3.8, 4) is 5.75 Å². The highest BCUT2D eigenvalue weighted by Crippen LogP contribution is 2.28. The molecule has 0 fully saturated rings. The number of thiazole rings is 1. The molecule has 0 unspecified atom stereocenters. The molecular formula is C12H12ClN5O2S. The number of aromatic nitrogens is 1. The third kappa shape index (κ3) is 4.33. The van der Waals surface area contributed by atoms with Crippen molar-refractivity contribution >= 4 is 46.0 Å². The molecule has 0 aliphatic heterocycles. The first kappa shape index (κ1) is 15.1. The Morgan fingerprint density at radius 3 is 2.81 bits per heavy atom. The summed E-state index contributed by atoms with van der Waals surface area (Å²) in [5, 5.41) is 7.63. The van der Waals surface area contributed by atoms with Crippen LogP contribution in [-0.4, -0.2) is 24.3 Å². The van der Waals surface area contributed by atoms with Gasteiger partial charge in [0.15, 0.2) is 10.3 Å². The van der Waals surface area contributed by atoms with Crippen LogP contribution < -0.4 is 21.2 Å². The first-order valence-electron chi connectivity index (χ1n) is 5.74. The molecule has 7 nitrogen and oxygen atoms in total. The van der Waals surface area contributed by atoms with Gasteiger partial charge in [-0.25, -0.2) is 15.2 Å². The maximum atomic E-state index is 10.5. The lowest BCUT2D eigenvalue weighted by Gasteiger charge is -2.03. The number of nitrogens with zero attached hydrogens (tertiary/aromatic N) is 2. The van der Waals surface area contributed by atoms with Crippen molar-refractivity contribution in [3.05, 3.63) is 34.3 Å². The highest BCUT2D eigenvalue weighted by molar-refractivity contribution is 7.17. The highest BCUT2D eigenvalue weighted by Gasteiger charge is 2.08. The molecule has 0 aliphatic rings. The van der Waals surface area contributed by atoms with E-state index < -0.39 is 6.03 Å². The number of benzene rings is 1. The van der Waals surface area contributed by atoms with Crippen LogP contribution in [0.2, 0.25) is 5.15 Å². The van der Waals surface area contributed by atoms with E-state index in [0.717, 1.165) is 11.4 Å². The molecule has 0 radical (unpaired) electrons. The molecule has 2 aromatic rings. The number of hydrogen-bond donors (Lipinski definition) is 3. The zero-order valence-electron chi connectivity index (χ0n) is 11.0. The highest BCUT2D eigenvalue weighted by atomic mass is 35.5. The minimum absolute atomic E-state index is 0.283. The molecule has 0 aliphatic carbocycles. The molecule has 1 heterocycles. The summed E-state index contributed by atoms with van der Waals surface area (Å²) < 4.78 is 5.08. The Bertz CT molecular complexity index is 656. The zero-order valence-corrected chi connectivity index (χ0v) is 12.5. The molecule has 0 saturated heterocycles. The Balaban J connectivity index is 2.07. The van der Waals surface area contributed by atoms with Crippen LogP contribution in [0.25, 0.3) is 0 Å². The number of hydrazone groups is 1. The quantitative estimate of drug-likeness (QED) is 0.580. The topological polar surface area (TPSA) is 102 Å². The number of nitrogens with two attached hydrogens (primary N) is 1. The van der Waals surface area contributed by atoms with Gasteiger partial charge in [0.2, 0.25) is 0 Å². The lowest BCUT2D eigenvalue weighted by atomic mass is 10.3. The van der Waals surface area contributed by atoms with Crippen molar-refractivity contribution in [2.75, 3.05) is 12.4 Å². The fourth-order valence-corrected chi connectivity index (χ4v) is 2.45. The number of anilines is 2. The van der Waals surface area contributed by atoms with Crippen LogP contribution in [0.3, 0.4) is 0 Å². The summed E-state index contributed by atoms with van der Waals surface area (Å²) in [6.45, 7) is 0. The molecule has 110 valence electrons. The number of urea groups is 1. The smallest absolute Gasteiger partial charge is 0.332 e. The van der Waals surface area contributed by atoms with Gasteiger partial charge in [0.25, 0.3) is 0 Å². The van der Waals surface area contributed by atoms with E-state index in [1.165, 1.54) is 17.6 Å². The van der Waals surface area contributed by atoms with Crippen molar-refractivity contribution < 1.29 is 9.53 Å². The Hall–Kier alpha value is -2.32. The van der Waals surface area contributed by atoms with Gasteiger partial charge >= 0.3 is 6.03 Å². The lowest BCUT2D eigenvalue weighted by molar-refractivity contribution is 0.249.